The van der Waals surface area contributed by atoms with E-state index in [4.69, 9.17) is 23.2 Å². The Hall–Kier alpha value is -2.54. The van der Waals surface area contributed by atoms with Gasteiger partial charge in [0.15, 0.2) is 0 Å². The Kier molecular flexibility index (Phi) is 6.71. The number of sulfonamides is 1. The van der Waals surface area contributed by atoms with Gasteiger partial charge in [-0.15, -0.1) is 0 Å². The molecule has 1 N–H and O–H groups in total. The van der Waals surface area contributed by atoms with Gasteiger partial charge in [-0.1, -0.05) is 59.1 Å². The predicted molar refractivity (Wildman–Crippen MR) is 123 cm³/mol. The number of nitrogens with one attached hydrogen (secondary N) is 1. The summed E-state index contributed by atoms with van der Waals surface area (Å²) in [5, 5.41) is 3.34. The molecule has 0 aromatic heterocycles. The fourth-order valence-electron chi connectivity index (χ4n) is 2.84. The highest BCUT2D eigenvalue weighted by Crippen LogP contribution is 2.30. The van der Waals surface area contributed by atoms with Crippen LogP contribution in [0.15, 0.2) is 66.7 Å². The Morgan fingerprint density at radius 3 is 2.03 bits per heavy atom. The van der Waals surface area contributed by atoms with E-state index < -0.39 is 15.9 Å². The Morgan fingerprint density at radius 2 is 1.50 bits per heavy atom. The molecule has 3 aromatic carbocycles. The molecule has 0 radical (unpaired) electrons. The van der Waals surface area contributed by atoms with Crippen LogP contribution in [0.3, 0.4) is 0 Å². The molecular formula is C22H20Cl2N2O3S. The summed E-state index contributed by atoms with van der Waals surface area (Å²) in [6.45, 7) is 2.16. The molecule has 3 rings (SSSR count). The first-order valence-electron chi connectivity index (χ1n) is 9.04. The van der Waals surface area contributed by atoms with Gasteiger partial charge in [0.05, 0.1) is 34.2 Å². The minimum Gasteiger partial charge on any atom is -0.319 e. The number of rotatable bonds is 6. The summed E-state index contributed by atoms with van der Waals surface area (Å²) in [6, 6.07) is 18.9. The summed E-state index contributed by atoms with van der Waals surface area (Å²) >= 11 is 12.2. The number of benzene rings is 3. The van der Waals surface area contributed by atoms with Crippen LogP contribution in [0.2, 0.25) is 10.0 Å². The maximum Gasteiger partial charge on any atom is 0.255 e. The Morgan fingerprint density at radius 1 is 0.933 bits per heavy atom. The largest absolute Gasteiger partial charge is 0.319 e. The van der Waals surface area contributed by atoms with Crippen LogP contribution in [-0.2, 0) is 16.6 Å². The third kappa shape index (κ3) is 5.33. The highest BCUT2D eigenvalue weighted by Gasteiger charge is 2.19. The number of carbonyl (C=O) groups excluding carboxylic acids is 1. The SMILES string of the molecule is Cc1ccc(CN(c2ccc(C(=O)Nc3c(Cl)cccc3Cl)cc2)S(C)(=O)=O)cc1. The number of nitrogens with zero attached hydrogens (tertiary/aromatic N) is 1. The molecule has 0 saturated heterocycles. The number of anilines is 2. The van der Waals surface area contributed by atoms with Crippen molar-refractivity contribution in [3.8, 4) is 0 Å². The fourth-order valence-corrected chi connectivity index (χ4v) is 4.22. The van der Waals surface area contributed by atoms with Gasteiger partial charge in [-0.05, 0) is 48.9 Å². The van der Waals surface area contributed by atoms with E-state index in [0.717, 1.165) is 17.4 Å². The fraction of sp³-hybridized carbons (Fsp3) is 0.136. The molecule has 156 valence electrons. The summed E-state index contributed by atoms with van der Waals surface area (Å²) in [4.78, 5) is 12.6. The Bertz CT molecular complexity index is 1140. The zero-order valence-electron chi connectivity index (χ0n) is 16.4. The topological polar surface area (TPSA) is 66.5 Å². The molecule has 0 saturated carbocycles. The molecule has 30 heavy (non-hydrogen) atoms. The lowest BCUT2D eigenvalue weighted by Gasteiger charge is -2.23. The lowest BCUT2D eigenvalue weighted by atomic mass is 10.1. The van der Waals surface area contributed by atoms with E-state index in [1.165, 1.54) is 4.31 Å². The van der Waals surface area contributed by atoms with Crippen molar-refractivity contribution in [2.75, 3.05) is 15.9 Å². The molecule has 0 heterocycles. The zero-order valence-corrected chi connectivity index (χ0v) is 18.7. The maximum atomic E-state index is 12.6. The number of aryl methyl sites for hydroxylation is 1. The van der Waals surface area contributed by atoms with E-state index >= 15 is 0 Å². The van der Waals surface area contributed by atoms with Crippen molar-refractivity contribution in [3.05, 3.63) is 93.5 Å². The zero-order chi connectivity index (χ0) is 21.9. The average Bonchev–Trinajstić information content (AvgIpc) is 2.69. The third-order valence-corrected chi connectivity index (χ3v) is 6.24. The van der Waals surface area contributed by atoms with E-state index in [1.807, 2.05) is 31.2 Å². The first-order chi connectivity index (χ1) is 14.1. The number of amides is 1. The van der Waals surface area contributed by atoms with E-state index in [9.17, 15) is 13.2 Å². The van der Waals surface area contributed by atoms with Gasteiger partial charge in [0, 0.05) is 5.56 Å². The summed E-state index contributed by atoms with van der Waals surface area (Å²) in [6.07, 6.45) is 1.15. The first kappa shape index (κ1) is 22.2. The second kappa shape index (κ2) is 9.08. The summed E-state index contributed by atoms with van der Waals surface area (Å²) in [5.41, 5.74) is 3.09. The van der Waals surface area contributed by atoms with Crippen molar-refractivity contribution >= 4 is 50.5 Å². The molecule has 3 aromatic rings. The minimum absolute atomic E-state index is 0.194. The van der Waals surface area contributed by atoms with Crippen LogP contribution < -0.4 is 9.62 Å². The van der Waals surface area contributed by atoms with Gasteiger partial charge in [0.2, 0.25) is 10.0 Å². The Labute approximate surface area is 186 Å². The van der Waals surface area contributed by atoms with Crippen molar-refractivity contribution in [2.45, 2.75) is 13.5 Å². The van der Waals surface area contributed by atoms with Crippen molar-refractivity contribution in [1.82, 2.24) is 0 Å². The molecule has 5 nitrogen and oxygen atoms in total. The monoisotopic (exact) mass is 462 g/mol. The maximum absolute atomic E-state index is 12.6. The molecule has 0 atom stereocenters. The van der Waals surface area contributed by atoms with Gasteiger partial charge >= 0.3 is 0 Å². The highest BCUT2D eigenvalue weighted by atomic mass is 35.5. The summed E-state index contributed by atoms with van der Waals surface area (Å²) in [5.74, 6) is -0.402. The molecule has 8 heteroatoms. The average molecular weight is 463 g/mol. The third-order valence-electron chi connectivity index (χ3n) is 4.47. The van der Waals surface area contributed by atoms with Crippen LogP contribution in [0.4, 0.5) is 11.4 Å². The van der Waals surface area contributed by atoms with Crippen molar-refractivity contribution < 1.29 is 13.2 Å². The van der Waals surface area contributed by atoms with E-state index in [0.29, 0.717) is 27.0 Å². The molecule has 1 amide bonds. The molecule has 0 spiro atoms. The summed E-state index contributed by atoms with van der Waals surface area (Å²) in [7, 11) is -3.52. The second-order valence-electron chi connectivity index (χ2n) is 6.85. The lowest BCUT2D eigenvalue weighted by Crippen LogP contribution is -2.29. The van der Waals surface area contributed by atoms with E-state index in [2.05, 4.69) is 5.32 Å². The van der Waals surface area contributed by atoms with Crippen LogP contribution in [-0.4, -0.2) is 20.6 Å². The normalized spacial score (nSPS) is 11.2. The minimum atomic E-state index is -3.52. The molecule has 0 unspecified atom stereocenters. The first-order valence-corrected chi connectivity index (χ1v) is 11.6. The predicted octanol–water partition coefficient (Wildman–Crippen LogP) is 5.52. The second-order valence-corrected chi connectivity index (χ2v) is 9.57. The number of para-hydroxylation sites is 1. The van der Waals surface area contributed by atoms with Gasteiger partial charge in [-0.2, -0.15) is 0 Å². The number of hydrogen-bond acceptors (Lipinski definition) is 3. The molecular weight excluding hydrogens is 443 g/mol. The van der Waals surface area contributed by atoms with Crippen LogP contribution in [0.25, 0.3) is 0 Å². The molecule has 0 bridgehead atoms. The van der Waals surface area contributed by atoms with Gasteiger partial charge in [0.1, 0.15) is 0 Å². The quantitative estimate of drug-likeness (QED) is 0.524. The number of hydrogen-bond donors (Lipinski definition) is 1. The van der Waals surface area contributed by atoms with Crippen LogP contribution in [0, 0.1) is 6.92 Å². The van der Waals surface area contributed by atoms with Crippen molar-refractivity contribution in [1.29, 1.82) is 0 Å². The van der Waals surface area contributed by atoms with Crippen molar-refractivity contribution in [3.63, 3.8) is 0 Å². The molecule has 0 aliphatic heterocycles. The Balaban J connectivity index is 1.82. The number of halogens is 2. The van der Waals surface area contributed by atoms with Crippen molar-refractivity contribution in [2.24, 2.45) is 0 Å². The number of carbonyl (C=O) groups is 1. The smallest absolute Gasteiger partial charge is 0.255 e. The van der Waals surface area contributed by atoms with Gasteiger partial charge in [-0.3, -0.25) is 9.10 Å². The highest BCUT2D eigenvalue weighted by molar-refractivity contribution is 7.92. The van der Waals surface area contributed by atoms with E-state index in [1.54, 1.807) is 42.5 Å². The van der Waals surface area contributed by atoms with Gasteiger partial charge in [-0.25, -0.2) is 8.42 Å². The molecule has 0 aliphatic carbocycles. The lowest BCUT2D eigenvalue weighted by molar-refractivity contribution is 0.102. The van der Waals surface area contributed by atoms with Gasteiger partial charge < -0.3 is 5.32 Å². The van der Waals surface area contributed by atoms with Crippen LogP contribution in [0.1, 0.15) is 21.5 Å². The van der Waals surface area contributed by atoms with Crippen LogP contribution in [0.5, 0.6) is 0 Å². The standard InChI is InChI=1S/C22H20Cl2N2O3S/c1-15-6-8-16(9-7-15)14-26(30(2,28)29)18-12-10-17(11-13-18)22(27)25-21-19(23)4-3-5-20(21)24/h3-13H,14H2,1-2H3,(H,25,27). The van der Waals surface area contributed by atoms with E-state index in [-0.39, 0.29) is 6.54 Å². The summed E-state index contributed by atoms with van der Waals surface area (Å²) < 4.78 is 26.0. The van der Waals surface area contributed by atoms with Gasteiger partial charge in [0.25, 0.3) is 5.91 Å². The molecule has 0 aliphatic rings. The van der Waals surface area contributed by atoms with Crippen LogP contribution >= 0.6 is 23.2 Å². The molecule has 0 fully saturated rings.